The molecule has 0 saturated carbocycles. The molecule has 0 radical (unpaired) electrons. The molecular weight excluding hydrogens is 326 g/mol. The summed E-state index contributed by atoms with van der Waals surface area (Å²) in [4.78, 5) is 29.6. The van der Waals surface area contributed by atoms with E-state index in [0.717, 1.165) is 11.3 Å². The second-order valence-corrected chi connectivity index (χ2v) is 7.75. The van der Waals surface area contributed by atoms with Gasteiger partial charge >= 0.3 is 0 Å². The summed E-state index contributed by atoms with van der Waals surface area (Å²) in [5.41, 5.74) is 1.84. The molecule has 1 saturated heterocycles. The topological polar surface area (TPSA) is 45.6 Å². The predicted molar refractivity (Wildman–Crippen MR) is 99.6 cm³/mol. The Labute approximate surface area is 154 Å². The Balaban J connectivity index is 1.63. The summed E-state index contributed by atoms with van der Waals surface area (Å²) in [6.07, 6.45) is 2.53. The number of carbonyl (C=O) groups excluding carboxylic acids is 2. The number of aromatic nitrogens is 1. The molecular formula is C21H25N3O2. The first kappa shape index (κ1) is 16.9. The van der Waals surface area contributed by atoms with E-state index in [1.165, 1.54) is 0 Å². The third kappa shape index (κ3) is 2.91. The summed E-state index contributed by atoms with van der Waals surface area (Å²) in [5.74, 6) is 0.586. The maximum Gasteiger partial charge on any atom is 0.271 e. The largest absolute Gasteiger partial charge is 0.338 e. The van der Waals surface area contributed by atoms with Crippen LogP contribution in [-0.2, 0) is 11.3 Å². The van der Waals surface area contributed by atoms with Crippen LogP contribution in [0.25, 0.3) is 0 Å². The molecule has 1 aromatic heterocycles. The van der Waals surface area contributed by atoms with Gasteiger partial charge in [-0.3, -0.25) is 9.59 Å². The lowest BCUT2D eigenvalue weighted by Crippen LogP contribution is -2.49. The second-order valence-electron chi connectivity index (χ2n) is 7.75. The quantitative estimate of drug-likeness (QED) is 0.850. The van der Waals surface area contributed by atoms with Crippen LogP contribution in [0.2, 0.25) is 0 Å². The Morgan fingerprint density at radius 1 is 1.08 bits per heavy atom. The van der Waals surface area contributed by atoms with Crippen LogP contribution in [-0.4, -0.2) is 45.3 Å². The van der Waals surface area contributed by atoms with Crippen LogP contribution >= 0.6 is 0 Å². The maximum absolute atomic E-state index is 13.1. The Morgan fingerprint density at radius 2 is 1.81 bits per heavy atom. The molecule has 3 heterocycles. The van der Waals surface area contributed by atoms with Gasteiger partial charge in [0.25, 0.3) is 5.91 Å². The molecule has 0 N–H and O–H groups in total. The van der Waals surface area contributed by atoms with Crippen molar-refractivity contribution in [3.8, 4) is 0 Å². The molecule has 2 aromatic rings. The predicted octanol–water partition coefficient (Wildman–Crippen LogP) is 2.94. The molecule has 5 heteroatoms. The number of hydrogen-bond acceptors (Lipinski definition) is 2. The lowest BCUT2D eigenvalue weighted by Gasteiger charge is -2.38. The van der Waals surface area contributed by atoms with E-state index in [1.807, 2.05) is 58.5 Å². The van der Waals surface area contributed by atoms with Crippen molar-refractivity contribution < 1.29 is 9.59 Å². The van der Waals surface area contributed by atoms with Crippen molar-refractivity contribution >= 4 is 11.8 Å². The molecule has 2 aliphatic rings. The molecule has 0 aliphatic carbocycles. The summed E-state index contributed by atoms with van der Waals surface area (Å²) in [7, 11) is 0. The van der Waals surface area contributed by atoms with Crippen LogP contribution in [0, 0.1) is 5.92 Å². The van der Waals surface area contributed by atoms with Gasteiger partial charge in [0, 0.05) is 32.3 Å². The Morgan fingerprint density at radius 3 is 2.54 bits per heavy atom. The van der Waals surface area contributed by atoms with Crippen molar-refractivity contribution in [1.82, 2.24) is 14.4 Å². The molecule has 0 bridgehead atoms. The highest BCUT2D eigenvalue weighted by Crippen LogP contribution is 2.35. The fourth-order valence-electron chi connectivity index (χ4n) is 4.16. The molecule has 2 atom stereocenters. The van der Waals surface area contributed by atoms with Crippen LogP contribution in [0.5, 0.6) is 0 Å². The van der Waals surface area contributed by atoms with E-state index in [9.17, 15) is 9.59 Å². The summed E-state index contributed by atoms with van der Waals surface area (Å²) in [6.45, 7) is 6.01. The van der Waals surface area contributed by atoms with Gasteiger partial charge in [-0.15, -0.1) is 0 Å². The zero-order valence-corrected chi connectivity index (χ0v) is 15.3. The number of amides is 2. The van der Waals surface area contributed by atoms with Gasteiger partial charge in [0.2, 0.25) is 5.91 Å². The number of fused-ring (bicyclic) bond motifs is 3. The molecule has 26 heavy (non-hydrogen) atoms. The Bertz CT molecular complexity index is 812. The van der Waals surface area contributed by atoms with Crippen molar-refractivity contribution in [3.63, 3.8) is 0 Å². The van der Waals surface area contributed by atoms with Crippen molar-refractivity contribution in [2.45, 2.75) is 38.9 Å². The number of hydrogen-bond donors (Lipinski definition) is 0. The van der Waals surface area contributed by atoms with Crippen LogP contribution in [0.15, 0.2) is 48.7 Å². The SMILES string of the molecule is CC(C)CC(=O)N1C[C@H]2[C@H](C1)n1cccc1C(=O)N2Cc1ccccc1. The normalized spacial score (nSPS) is 21.9. The fourth-order valence-corrected chi connectivity index (χ4v) is 4.16. The Hall–Kier alpha value is -2.56. The van der Waals surface area contributed by atoms with Crippen molar-refractivity contribution in [1.29, 1.82) is 0 Å². The van der Waals surface area contributed by atoms with Crippen LogP contribution in [0.3, 0.4) is 0 Å². The zero-order valence-electron chi connectivity index (χ0n) is 15.3. The molecule has 1 aromatic carbocycles. The van der Waals surface area contributed by atoms with E-state index < -0.39 is 0 Å². The van der Waals surface area contributed by atoms with E-state index in [2.05, 4.69) is 18.4 Å². The lowest BCUT2D eigenvalue weighted by molar-refractivity contribution is -0.131. The second kappa shape index (κ2) is 6.63. The number of likely N-dealkylation sites (tertiary alicyclic amines) is 1. The third-order valence-corrected chi connectivity index (χ3v) is 5.41. The third-order valence-electron chi connectivity index (χ3n) is 5.41. The maximum atomic E-state index is 13.1. The standard InChI is InChI=1S/C21H25N3O2/c1-15(2)11-20(25)22-13-18-19(14-22)24(12-16-7-4-3-5-8-16)21(26)17-9-6-10-23(17)18/h3-10,15,18-19H,11-14H2,1-2H3/t18-,19-/m0/s1. The molecule has 0 unspecified atom stereocenters. The van der Waals surface area contributed by atoms with Gasteiger partial charge in [-0.25, -0.2) is 0 Å². The highest BCUT2D eigenvalue weighted by molar-refractivity contribution is 5.94. The molecule has 0 spiro atoms. The highest BCUT2D eigenvalue weighted by Gasteiger charge is 2.46. The van der Waals surface area contributed by atoms with E-state index in [0.29, 0.717) is 32.0 Å². The van der Waals surface area contributed by atoms with Crippen molar-refractivity contribution in [2.75, 3.05) is 13.1 Å². The minimum Gasteiger partial charge on any atom is -0.338 e. The number of rotatable bonds is 4. The summed E-state index contributed by atoms with van der Waals surface area (Å²) in [6, 6.07) is 14.0. The van der Waals surface area contributed by atoms with Gasteiger partial charge in [0.1, 0.15) is 5.69 Å². The van der Waals surface area contributed by atoms with Gasteiger partial charge in [-0.2, -0.15) is 0 Å². The number of carbonyl (C=O) groups is 2. The lowest BCUT2D eigenvalue weighted by atomic mass is 10.0. The van der Waals surface area contributed by atoms with Gasteiger partial charge in [-0.05, 0) is 23.6 Å². The minimum absolute atomic E-state index is 0.0266. The molecule has 136 valence electrons. The smallest absolute Gasteiger partial charge is 0.271 e. The fraction of sp³-hybridized carbons (Fsp3) is 0.429. The molecule has 4 rings (SSSR count). The first-order chi connectivity index (χ1) is 12.5. The van der Waals surface area contributed by atoms with Gasteiger partial charge in [0.15, 0.2) is 0 Å². The van der Waals surface area contributed by atoms with Gasteiger partial charge in [0.05, 0.1) is 12.1 Å². The van der Waals surface area contributed by atoms with E-state index >= 15 is 0 Å². The van der Waals surface area contributed by atoms with E-state index in [1.54, 1.807) is 0 Å². The minimum atomic E-state index is 0.0266. The summed E-state index contributed by atoms with van der Waals surface area (Å²) in [5, 5.41) is 0. The van der Waals surface area contributed by atoms with Crippen molar-refractivity contribution in [3.05, 3.63) is 59.9 Å². The molecule has 2 amide bonds. The van der Waals surface area contributed by atoms with Gasteiger partial charge in [-0.1, -0.05) is 44.2 Å². The Kier molecular flexibility index (Phi) is 4.31. The number of nitrogens with zero attached hydrogens (tertiary/aromatic N) is 3. The number of benzene rings is 1. The average Bonchev–Trinajstić information content (AvgIpc) is 3.25. The van der Waals surface area contributed by atoms with Crippen LogP contribution in [0.4, 0.5) is 0 Å². The summed E-state index contributed by atoms with van der Waals surface area (Å²) >= 11 is 0. The van der Waals surface area contributed by atoms with Gasteiger partial charge < -0.3 is 14.4 Å². The van der Waals surface area contributed by atoms with Crippen LogP contribution < -0.4 is 0 Å². The van der Waals surface area contributed by atoms with E-state index in [4.69, 9.17) is 0 Å². The van der Waals surface area contributed by atoms with Crippen molar-refractivity contribution in [2.24, 2.45) is 5.92 Å². The first-order valence-electron chi connectivity index (χ1n) is 9.34. The highest BCUT2D eigenvalue weighted by atomic mass is 16.2. The first-order valence-corrected chi connectivity index (χ1v) is 9.34. The monoisotopic (exact) mass is 351 g/mol. The molecule has 2 aliphatic heterocycles. The van der Waals surface area contributed by atoms with Crippen LogP contribution in [0.1, 0.15) is 42.4 Å². The van der Waals surface area contributed by atoms with E-state index in [-0.39, 0.29) is 23.9 Å². The molecule has 1 fully saturated rings. The molecule has 5 nitrogen and oxygen atoms in total. The average molecular weight is 351 g/mol. The zero-order chi connectivity index (χ0) is 18.3. The summed E-state index contributed by atoms with van der Waals surface area (Å²) < 4.78 is 2.07.